The number of fused-ring (bicyclic) bond motifs is 2. The van der Waals surface area contributed by atoms with Crippen molar-refractivity contribution in [1.82, 2.24) is 0 Å². The molecule has 17 heavy (non-hydrogen) atoms. The van der Waals surface area contributed by atoms with E-state index in [-0.39, 0.29) is 5.54 Å². The van der Waals surface area contributed by atoms with Gasteiger partial charge in [-0.05, 0) is 29.9 Å². The molecule has 2 rings (SSSR count). The Morgan fingerprint density at radius 2 is 1.29 bits per heavy atom. The van der Waals surface area contributed by atoms with Gasteiger partial charge in [-0.25, -0.2) is 0 Å². The zero-order chi connectivity index (χ0) is 12.9. The minimum Gasteiger partial charge on any atom is -0.326 e. The molecule has 0 spiro atoms. The number of hydrogen-bond acceptors (Lipinski definition) is 1. The summed E-state index contributed by atoms with van der Waals surface area (Å²) in [5.41, 5.74) is 6.98. The fourth-order valence-corrected chi connectivity index (χ4v) is 4.54. The van der Waals surface area contributed by atoms with Gasteiger partial charge in [0.15, 0.2) is 0 Å². The van der Waals surface area contributed by atoms with Crippen LogP contribution in [0.25, 0.3) is 0 Å². The fraction of sp³-hybridized carbons (Fsp3) is 1.00. The van der Waals surface area contributed by atoms with Crippen LogP contribution < -0.4 is 5.73 Å². The Balaban J connectivity index is 2.37. The molecule has 0 aromatic heterocycles. The van der Waals surface area contributed by atoms with E-state index in [0.717, 1.165) is 0 Å². The van der Waals surface area contributed by atoms with Crippen LogP contribution in [0.5, 0.6) is 0 Å². The molecule has 1 nitrogen and oxygen atoms in total. The van der Waals surface area contributed by atoms with Gasteiger partial charge in [-0.2, -0.15) is 0 Å². The summed E-state index contributed by atoms with van der Waals surface area (Å²) in [6.07, 6.45) is 8.33. The van der Waals surface area contributed by atoms with E-state index in [1.165, 1.54) is 45.8 Å². The van der Waals surface area contributed by atoms with Crippen molar-refractivity contribution in [3.63, 3.8) is 0 Å². The maximum Gasteiger partial charge on any atom is 0.138 e. The molecule has 2 aliphatic heterocycles. The van der Waals surface area contributed by atoms with E-state index in [4.69, 9.17) is 5.73 Å². The van der Waals surface area contributed by atoms with Crippen molar-refractivity contribution in [2.75, 3.05) is 0 Å². The summed E-state index contributed by atoms with van der Waals surface area (Å²) in [5, 5.41) is 0.969. The molecule has 2 saturated heterocycles. The molecule has 0 radical (unpaired) electrons. The highest BCUT2D eigenvalue weighted by molar-refractivity contribution is 6.46. The van der Waals surface area contributed by atoms with Gasteiger partial charge in [-0.15, -0.1) is 0 Å². The van der Waals surface area contributed by atoms with Crippen molar-refractivity contribution >= 4 is 7.28 Å². The summed E-state index contributed by atoms with van der Waals surface area (Å²) in [6, 6.07) is 0. The maximum atomic E-state index is 6.55. The highest BCUT2D eigenvalue weighted by Gasteiger charge is 2.58. The predicted octanol–water partition coefficient (Wildman–Crippen LogP) is 3.89. The molecule has 0 aliphatic carbocycles. The molecule has 2 N–H and O–H groups in total. The van der Waals surface area contributed by atoms with E-state index in [1.807, 2.05) is 0 Å². The van der Waals surface area contributed by atoms with Gasteiger partial charge in [0.2, 0.25) is 0 Å². The van der Waals surface area contributed by atoms with E-state index in [9.17, 15) is 0 Å². The van der Waals surface area contributed by atoms with Crippen LogP contribution in [0.15, 0.2) is 0 Å². The van der Waals surface area contributed by atoms with Crippen LogP contribution in [0.4, 0.5) is 0 Å². The third kappa shape index (κ3) is 1.97. The summed E-state index contributed by atoms with van der Waals surface area (Å²) < 4.78 is 0. The van der Waals surface area contributed by atoms with E-state index in [1.54, 1.807) is 0 Å². The number of hydrogen-bond donors (Lipinski definition) is 1. The molecule has 2 aliphatic rings. The van der Waals surface area contributed by atoms with Crippen LogP contribution in [-0.2, 0) is 0 Å². The van der Waals surface area contributed by atoms with Gasteiger partial charge in [-0.1, -0.05) is 59.3 Å². The molecule has 0 saturated carbocycles. The number of rotatable bonds is 1. The summed E-state index contributed by atoms with van der Waals surface area (Å²) in [5.74, 6) is 0. The molecular weight excluding hydrogens is 205 g/mol. The molecule has 0 amide bonds. The van der Waals surface area contributed by atoms with Gasteiger partial charge in [-0.3, -0.25) is 0 Å². The Morgan fingerprint density at radius 1 is 0.824 bits per heavy atom. The van der Waals surface area contributed by atoms with E-state index >= 15 is 0 Å². The average Bonchev–Trinajstić information content (AvgIpc) is 2.37. The second kappa shape index (κ2) is 3.76. The molecule has 2 unspecified atom stereocenters. The average molecular weight is 235 g/mol. The lowest BCUT2D eigenvalue weighted by Crippen LogP contribution is -2.48. The van der Waals surface area contributed by atoms with Gasteiger partial charge in [0.25, 0.3) is 0 Å². The molecular formula is C15H30BN. The monoisotopic (exact) mass is 235 g/mol. The van der Waals surface area contributed by atoms with Crippen LogP contribution in [0.1, 0.15) is 73.1 Å². The Bertz CT molecular complexity index is 269. The minimum atomic E-state index is -0.00958. The van der Waals surface area contributed by atoms with E-state index in [2.05, 4.69) is 34.6 Å². The first-order valence-electron chi connectivity index (χ1n) is 7.41. The zero-order valence-electron chi connectivity index (χ0n) is 12.5. The normalized spacial score (nSPS) is 38.7. The Kier molecular flexibility index (Phi) is 2.97. The molecule has 2 atom stereocenters. The Labute approximate surface area is 108 Å². The van der Waals surface area contributed by atoms with Crippen LogP contribution >= 0.6 is 0 Å². The second-order valence-corrected chi connectivity index (χ2v) is 8.42. The lowest BCUT2D eigenvalue weighted by atomic mass is 9.34. The predicted molar refractivity (Wildman–Crippen MR) is 78.0 cm³/mol. The van der Waals surface area contributed by atoms with Crippen LogP contribution in [0.3, 0.4) is 0 Å². The fourth-order valence-electron chi connectivity index (χ4n) is 4.54. The first-order valence-corrected chi connectivity index (χ1v) is 7.41. The zero-order valence-corrected chi connectivity index (χ0v) is 12.5. The smallest absolute Gasteiger partial charge is 0.138 e. The SMILES string of the molecule is CC(C)(C)C12BC(C(C)(C)N)(CCCC1)CC2. The van der Waals surface area contributed by atoms with E-state index < -0.39 is 0 Å². The molecule has 2 fully saturated rings. The van der Waals surface area contributed by atoms with Crippen molar-refractivity contribution in [2.24, 2.45) is 11.1 Å². The highest BCUT2D eigenvalue weighted by atomic mass is 14.8. The Morgan fingerprint density at radius 3 is 1.76 bits per heavy atom. The first kappa shape index (κ1) is 13.5. The van der Waals surface area contributed by atoms with Crippen molar-refractivity contribution in [2.45, 2.75) is 89.3 Å². The minimum absolute atomic E-state index is 0.00958. The van der Waals surface area contributed by atoms with Gasteiger partial charge in [0.05, 0.1) is 0 Å². The van der Waals surface area contributed by atoms with Gasteiger partial charge < -0.3 is 5.73 Å². The van der Waals surface area contributed by atoms with Crippen LogP contribution in [0.2, 0.25) is 10.6 Å². The molecule has 98 valence electrons. The lowest BCUT2D eigenvalue weighted by molar-refractivity contribution is 0.219. The van der Waals surface area contributed by atoms with Crippen molar-refractivity contribution in [1.29, 1.82) is 0 Å². The van der Waals surface area contributed by atoms with Crippen molar-refractivity contribution in [3.8, 4) is 0 Å². The molecule has 2 heteroatoms. The highest BCUT2D eigenvalue weighted by Crippen LogP contribution is 2.68. The van der Waals surface area contributed by atoms with Gasteiger partial charge in [0.1, 0.15) is 7.28 Å². The maximum absolute atomic E-state index is 6.55. The molecule has 0 aromatic rings. The topological polar surface area (TPSA) is 26.0 Å². The molecule has 2 bridgehead atoms. The molecule has 0 aromatic carbocycles. The van der Waals surface area contributed by atoms with Crippen molar-refractivity contribution < 1.29 is 0 Å². The number of nitrogens with two attached hydrogens (primary N) is 1. The largest absolute Gasteiger partial charge is 0.326 e. The summed E-state index contributed by atoms with van der Waals surface area (Å²) in [7, 11) is 1.37. The summed E-state index contributed by atoms with van der Waals surface area (Å²) in [4.78, 5) is 0. The third-order valence-electron chi connectivity index (χ3n) is 6.28. The molecule has 2 heterocycles. The Hall–Kier alpha value is 0.0249. The van der Waals surface area contributed by atoms with Gasteiger partial charge >= 0.3 is 0 Å². The second-order valence-electron chi connectivity index (χ2n) is 8.42. The lowest BCUT2D eigenvalue weighted by Gasteiger charge is -2.45. The summed E-state index contributed by atoms with van der Waals surface area (Å²) >= 11 is 0. The quantitative estimate of drug-likeness (QED) is 0.685. The van der Waals surface area contributed by atoms with Crippen LogP contribution in [-0.4, -0.2) is 12.8 Å². The van der Waals surface area contributed by atoms with Crippen molar-refractivity contribution in [3.05, 3.63) is 0 Å². The third-order valence-corrected chi connectivity index (χ3v) is 6.28. The van der Waals surface area contributed by atoms with E-state index in [0.29, 0.717) is 16.0 Å². The first-order chi connectivity index (χ1) is 7.62. The summed E-state index contributed by atoms with van der Waals surface area (Å²) in [6.45, 7) is 11.8. The van der Waals surface area contributed by atoms with Gasteiger partial charge in [0, 0.05) is 5.54 Å². The van der Waals surface area contributed by atoms with Crippen LogP contribution in [0, 0.1) is 5.41 Å². The standard InChI is InChI=1S/C15H30BN/c1-12(2,3)14-8-6-7-9-15(16-14,11-10-14)13(4,5)17/h16H,6-11,17H2,1-5H3.